The van der Waals surface area contributed by atoms with Gasteiger partial charge >= 0.3 is 0 Å². The summed E-state index contributed by atoms with van der Waals surface area (Å²) >= 11 is 12.0. The molecule has 0 aliphatic rings. The van der Waals surface area contributed by atoms with Crippen LogP contribution in [0.5, 0.6) is 0 Å². The molecule has 0 radical (unpaired) electrons. The average Bonchev–Trinajstić information content (AvgIpc) is 2.56. The Balaban J connectivity index is 1.94. The first-order valence-electron chi connectivity index (χ1n) is 7.63. The molecule has 0 heterocycles. The van der Waals surface area contributed by atoms with Crippen molar-refractivity contribution >= 4 is 40.7 Å². The Labute approximate surface area is 156 Å². The van der Waals surface area contributed by atoms with Gasteiger partial charge in [0, 0.05) is 34.9 Å². The van der Waals surface area contributed by atoms with E-state index in [2.05, 4.69) is 10.6 Å². The van der Waals surface area contributed by atoms with Gasteiger partial charge in [0.1, 0.15) is 0 Å². The van der Waals surface area contributed by atoms with Crippen LogP contribution in [0.4, 0.5) is 5.69 Å². The van der Waals surface area contributed by atoms with E-state index in [1.165, 1.54) is 0 Å². The van der Waals surface area contributed by atoms with Gasteiger partial charge in [-0.15, -0.1) is 0 Å². The van der Waals surface area contributed by atoms with E-state index < -0.39 is 0 Å². The zero-order valence-corrected chi connectivity index (χ0v) is 15.5. The third-order valence-electron chi connectivity index (χ3n) is 3.50. The van der Waals surface area contributed by atoms with Crippen LogP contribution in [0.25, 0.3) is 0 Å². The van der Waals surface area contributed by atoms with Crippen LogP contribution in [0.2, 0.25) is 10.0 Å². The highest BCUT2D eigenvalue weighted by molar-refractivity contribution is 6.35. The Morgan fingerprint density at radius 3 is 2.56 bits per heavy atom. The second-order valence-corrected chi connectivity index (χ2v) is 6.46. The van der Waals surface area contributed by atoms with Crippen molar-refractivity contribution in [3.05, 3.63) is 63.6 Å². The molecule has 0 aliphatic heterocycles. The van der Waals surface area contributed by atoms with Crippen molar-refractivity contribution in [3.63, 3.8) is 0 Å². The summed E-state index contributed by atoms with van der Waals surface area (Å²) in [7, 11) is 3.38. The summed E-state index contributed by atoms with van der Waals surface area (Å²) in [6, 6.07) is 12.1. The number of benzene rings is 2. The highest BCUT2D eigenvalue weighted by Crippen LogP contribution is 2.22. The molecular formula is C18H19Cl2N3O2. The molecule has 0 saturated carbocycles. The van der Waals surface area contributed by atoms with E-state index in [0.29, 0.717) is 27.8 Å². The van der Waals surface area contributed by atoms with Crippen LogP contribution in [-0.2, 0) is 11.3 Å². The first-order valence-corrected chi connectivity index (χ1v) is 8.39. The minimum atomic E-state index is -0.203. The Morgan fingerprint density at radius 1 is 1.12 bits per heavy atom. The monoisotopic (exact) mass is 379 g/mol. The third kappa shape index (κ3) is 5.74. The molecule has 25 heavy (non-hydrogen) atoms. The molecule has 0 spiro atoms. The number of carbonyl (C=O) groups is 2. The number of likely N-dealkylation sites (N-methyl/N-ethyl adjacent to an activating group) is 1. The van der Waals surface area contributed by atoms with Gasteiger partial charge in [-0.1, -0.05) is 35.3 Å². The molecule has 0 bridgehead atoms. The summed E-state index contributed by atoms with van der Waals surface area (Å²) in [5.74, 6) is -0.382. The Hall–Kier alpha value is -2.08. The molecule has 2 aromatic carbocycles. The van der Waals surface area contributed by atoms with Crippen molar-refractivity contribution in [3.8, 4) is 0 Å². The van der Waals surface area contributed by atoms with Gasteiger partial charge in [0.05, 0.1) is 6.54 Å². The van der Waals surface area contributed by atoms with Gasteiger partial charge < -0.3 is 10.6 Å². The molecule has 2 aromatic rings. The fraction of sp³-hybridized carbons (Fsp3) is 0.222. The molecule has 7 heteroatoms. The quantitative estimate of drug-likeness (QED) is 0.807. The van der Waals surface area contributed by atoms with Crippen LogP contribution < -0.4 is 10.6 Å². The number of hydrogen-bond acceptors (Lipinski definition) is 3. The van der Waals surface area contributed by atoms with Crippen molar-refractivity contribution in [2.24, 2.45) is 0 Å². The van der Waals surface area contributed by atoms with Crippen molar-refractivity contribution in [2.75, 3.05) is 26.0 Å². The summed E-state index contributed by atoms with van der Waals surface area (Å²) in [6.45, 7) is 0.699. The first kappa shape index (κ1) is 19.2. The second-order valence-electron chi connectivity index (χ2n) is 5.62. The van der Waals surface area contributed by atoms with Gasteiger partial charge in [-0.2, -0.15) is 0 Å². The normalized spacial score (nSPS) is 10.6. The van der Waals surface area contributed by atoms with Crippen molar-refractivity contribution < 1.29 is 9.59 Å². The number of nitrogens with one attached hydrogen (secondary N) is 2. The maximum atomic E-state index is 12.2. The van der Waals surface area contributed by atoms with E-state index in [1.54, 1.807) is 43.4 Å². The minimum Gasteiger partial charge on any atom is -0.355 e. The molecular weight excluding hydrogens is 361 g/mol. The summed E-state index contributed by atoms with van der Waals surface area (Å²) in [4.78, 5) is 25.7. The number of halogens is 2. The van der Waals surface area contributed by atoms with Gasteiger partial charge in [0.2, 0.25) is 5.91 Å². The predicted molar refractivity (Wildman–Crippen MR) is 101 cm³/mol. The fourth-order valence-electron chi connectivity index (χ4n) is 2.32. The summed E-state index contributed by atoms with van der Waals surface area (Å²) in [5.41, 5.74) is 1.95. The molecule has 2 amide bonds. The Kier molecular flexibility index (Phi) is 6.82. The summed E-state index contributed by atoms with van der Waals surface area (Å²) < 4.78 is 0. The van der Waals surface area contributed by atoms with E-state index in [-0.39, 0.29) is 18.4 Å². The Morgan fingerprint density at radius 2 is 1.88 bits per heavy atom. The standard InChI is InChI=1S/C18H19Cl2N3O2/c1-21-18(25)12-4-3-5-15(8-12)22-17(24)11-23(2)10-13-6-7-14(19)9-16(13)20/h3-9H,10-11H2,1-2H3,(H,21,25)(H,22,24). The zero-order valence-electron chi connectivity index (χ0n) is 14.0. The number of nitrogens with zero attached hydrogens (tertiary/aromatic N) is 1. The van der Waals surface area contributed by atoms with Gasteiger partial charge in [-0.3, -0.25) is 14.5 Å². The molecule has 132 valence electrons. The van der Waals surface area contributed by atoms with Crippen LogP contribution in [0.15, 0.2) is 42.5 Å². The lowest BCUT2D eigenvalue weighted by atomic mass is 10.2. The minimum absolute atomic E-state index is 0.179. The van der Waals surface area contributed by atoms with E-state index in [4.69, 9.17) is 23.2 Å². The van der Waals surface area contributed by atoms with Crippen molar-refractivity contribution in [1.29, 1.82) is 0 Å². The lowest BCUT2D eigenvalue weighted by Crippen LogP contribution is -2.30. The highest BCUT2D eigenvalue weighted by atomic mass is 35.5. The molecule has 5 nitrogen and oxygen atoms in total. The number of hydrogen-bond donors (Lipinski definition) is 2. The SMILES string of the molecule is CNC(=O)c1cccc(NC(=O)CN(C)Cc2ccc(Cl)cc2Cl)c1. The molecule has 0 saturated heterocycles. The predicted octanol–water partition coefficient (Wildman–Crippen LogP) is 3.42. The topological polar surface area (TPSA) is 61.4 Å². The number of amides is 2. The van der Waals surface area contributed by atoms with E-state index in [9.17, 15) is 9.59 Å². The maximum Gasteiger partial charge on any atom is 0.251 e. The lowest BCUT2D eigenvalue weighted by Gasteiger charge is -2.17. The third-order valence-corrected chi connectivity index (χ3v) is 4.09. The molecule has 2 N–H and O–H groups in total. The van der Waals surface area contributed by atoms with E-state index >= 15 is 0 Å². The Bertz CT molecular complexity index is 781. The molecule has 0 aliphatic carbocycles. The summed E-state index contributed by atoms with van der Waals surface area (Å²) in [5, 5.41) is 6.48. The molecule has 0 unspecified atom stereocenters. The zero-order chi connectivity index (χ0) is 18.4. The summed E-state index contributed by atoms with van der Waals surface area (Å²) in [6.07, 6.45) is 0. The van der Waals surface area contributed by atoms with Crippen LogP contribution in [-0.4, -0.2) is 37.4 Å². The van der Waals surface area contributed by atoms with Crippen molar-refractivity contribution in [2.45, 2.75) is 6.54 Å². The fourth-order valence-corrected chi connectivity index (χ4v) is 2.79. The number of carbonyl (C=O) groups excluding carboxylic acids is 2. The van der Waals surface area contributed by atoms with Gasteiger partial charge in [-0.25, -0.2) is 0 Å². The smallest absolute Gasteiger partial charge is 0.251 e. The number of rotatable bonds is 6. The highest BCUT2D eigenvalue weighted by Gasteiger charge is 2.11. The molecule has 0 atom stereocenters. The van der Waals surface area contributed by atoms with Gasteiger partial charge in [-0.05, 0) is 42.9 Å². The molecule has 0 aromatic heterocycles. The molecule has 0 fully saturated rings. The van der Waals surface area contributed by atoms with E-state index in [1.807, 2.05) is 18.0 Å². The van der Waals surface area contributed by atoms with Gasteiger partial charge in [0.25, 0.3) is 5.91 Å². The number of anilines is 1. The molecule has 2 rings (SSSR count). The lowest BCUT2D eigenvalue weighted by molar-refractivity contribution is -0.117. The van der Waals surface area contributed by atoms with Crippen LogP contribution >= 0.6 is 23.2 Å². The van der Waals surface area contributed by atoms with Crippen molar-refractivity contribution in [1.82, 2.24) is 10.2 Å². The first-order chi connectivity index (χ1) is 11.9. The van der Waals surface area contributed by atoms with Gasteiger partial charge in [0.15, 0.2) is 0 Å². The maximum absolute atomic E-state index is 12.2. The van der Waals surface area contributed by atoms with E-state index in [0.717, 1.165) is 5.56 Å². The van der Waals surface area contributed by atoms with Crippen LogP contribution in [0.3, 0.4) is 0 Å². The van der Waals surface area contributed by atoms with Crippen LogP contribution in [0, 0.1) is 0 Å². The largest absolute Gasteiger partial charge is 0.355 e. The van der Waals surface area contributed by atoms with Crippen LogP contribution in [0.1, 0.15) is 15.9 Å². The average molecular weight is 380 g/mol. The second kappa shape index (κ2) is 8.85.